The third-order valence-corrected chi connectivity index (χ3v) is 8.09. The summed E-state index contributed by atoms with van der Waals surface area (Å²) in [7, 11) is 0. The molecule has 1 saturated heterocycles. The number of carbonyl (C=O) groups is 6. The zero-order valence-corrected chi connectivity index (χ0v) is 29.4. The third kappa shape index (κ3) is 13.8. The monoisotopic (exact) mass is 689 g/mol. The minimum atomic E-state index is -3.96. The smallest absolute Gasteiger partial charge is 0.388 e. The number of hydrogen-bond donors (Lipinski definition) is 4. The number of likely N-dealkylation sites (tertiary alicyclic amines) is 1. The molecular weight excluding hydrogens is 635 g/mol. The lowest BCUT2D eigenvalue weighted by Crippen LogP contribution is -2.61. The molecule has 0 aromatic heterocycles. The number of amides is 5. The van der Waals surface area contributed by atoms with Crippen molar-refractivity contribution in [2.45, 2.75) is 130 Å². The maximum absolute atomic E-state index is 13.8. The second-order valence-corrected chi connectivity index (χ2v) is 13.6. The van der Waals surface area contributed by atoms with E-state index in [2.05, 4.69) is 27.8 Å². The summed E-state index contributed by atoms with van der Waals surface area (Å²) in [5, 5.41) is 10.4. The summed E-state index contributed by atoms with van der Waals surface area (Å²) in [6.45, 7) is 17.5. The van der Waals surface area contributed by atoms with Crippen LogP contribution in [0.2, 0.25) is 0 Å². The van der Waals surface area contributed by atoms with Gasteiger partial charge in [-0.15, -0.1) is 6.58 Å². The summed E-state index contributed by atoms with van der Waals surface area (Å²) < 4.78 is 37.9. The van der Waals surface area contributed by atoms with Crippen molar-refractivity contribution in [3.63, 3.8) is 0 Å². The normalized spacial score (nSPS) is 18.7. The molecule has 4 N–H and O–H groups in total. The minimum Gasteiger partial charge on any atom is -0.461 e. The molecule has 0 spiro atoms. The number of carbonyl (C=O) groups excluding carboxylic acids is 6. The van der Waals surface area contributed by atoms with E-state index in [4.69, 9.17) is 4.74 Å². The molecule has 1 heterocycles. The second-order valence-electron chi connectivity index (χ2n) is 13.6. The Morgan fingerprint density at radius 1 is 0.958 bits per heavy atom. The molecule has 5 amide bonds. The van der Waals surface area contributed by atoms with Crippen LogP contribution in [0.1, 0.15) is 93.9 Å². The van der Waals surface area contributed by atoms with Crippen LogP contribution in [0, 0.1) is 17.3 Å². The third-order valence-electron chi connectivity index (χ3n) is 8.09. The summed E-state index contributed by atoms with van der Waals surface area (Å²) in [6.07, 6.45) is -0.330. The van der Waals surface area contributed by atoms with E-state index in [0.717, 1.165) is 19.8 Å². The van der Waals surface area contributed by atoms with Gasteiger partial charge in [-0.1, -0.05) is 54.5 Å². The van der Waals surface area contributed by atoms with Crippen molar-refractivity contribution in [3.05, 3.63) is 12.7 Å². The van der Waals surface area contributed by atoms with Crippen LogP contribution in [0.15, 0.2) is 12.7 Å². The number of ketones is 1. The summed E-state index contributed by atoms with van der Waals surface area (Å²) in [4.78, 5) is 79.1. The lowest BCUT2D eigenvalue weighted by Gasteiger charge is -2.36. The Morgan fingerprint density at radius 3 is 2.00 bits per heavy atom. The van der Waals surface area contributed by atoms with Crippen molar-refractivity contribution < 1.29 is 46.7 Å². The molecule has 15 heteroatoms. The van der Waals surface area contributed by atoms with Gasteiger partial charge in [0, 0.05) is 19.5 Å². The Labute approximate surface area is 281 Å². The van der Waals surface area contributed by atoms with Crippen molar-refractivity contribution in [1.29, 1.82) is 0 Å². The van der Waals surface area contributed by atoms with Crippen LogP contribution in [-0.2, 0) is 28.7 Å². The van der Waals surface area contributed by atoms with Gasteiger partial charge in [-0.3, -0.25) is 19.2 Å². The lowest BCUT2D eigenvalue weighted by atomic mass is 9.85. The van der Waals surface area contributed by atoms with E-state index >= 15 is 0 Å². The Bertz CT molecular complexity index is 1150. The highest BCUT2D eigenvalue weighted by molar-refractivity contribution is 6.38. The Morgan fingerprint density at radius 2 is 1.54 bits per heavy atom. The van der Waals surface area contributed by atoms with Gasteiger partial charge in [-0.2, -0.15) is 13.2 Å². The zero-order valence-electron chi connectivity index (χ0n) is 29.4. The van der Waals surface area contributed by atoms with Crippen LogP contribution in [0.5, 0.6) is 0 Å². The molecule has 1 saturated carbocycles. The summed E-state index contributed by atoms with van der Waals surface area (Å²) in [6, 6.07) is -4.53. The zero-order chi connectivity index (χ0) is 37.0. The summed E-state index contributed by atoms with van der Waals surface area (Å²) in [5.41, 5.74) is -0.739. The molecular formula is C33H54F3N5O7. The first-order chi connectivity index (χ1) is 22.2. The number of alkyl halides is 3. The van der Waals surface area contributed by atoms with Crippen molar-refractivity contribution in [1.82, 2.24) is 26.2 Å². The molecule has 1 aliphatic heterocycles. The molecule has 1 aliphatic carbocycles. The van der Waals surface area contributed by atoms with Gasteiger partial charge in [0.25, 0.3) is 5.91 Å². The van der Waals surface area contributed by atoms with Crippen molar-refractivity contribution in [2.75, 3.05) is 13.1 Å². The molecule has 0 bridgehead atoms. The Hall–Kier alpha value is -3.65. The fraction of sp³-hybridized carbons (Fsp3) is 0.758. The van der Waals surface area contributed by atoms with Gasteiger partial charge < -0.3 is 30.9 Å². The predicted molar refractivity (Wildman–Crippen MR) is 173 cm³/mol. The van der Waals surface area contributed by atoms with Crippen LogP contribution >= 0.6 is 0 Å². The van der Waals surface area contributed by atoms with E-state index in [9.17, 15) is 41.9 Å². The van der Waals surface area contributed by atoms with E-state index in [1.165, 1.54) is 11.0 Å². The maximum Gasteiger partial charge on any atom is 0.388 e. The van der Waals surface area contributed by atoms with Gasteiger partial charge in [-0.05, 0) is 56.3 Å². The highest BCUT2D eigenvalue weighted by Crippen LogP contribution is 2.34. The SMILES string of the molecule is C=CCNC(=O)C(=O)C(CC)NC(=O)C1CCCN1C(=O)C(NC(=O)NC(C(=O)OC(C)C1CC1)C(C)C)C(C)(C)C.CCC(F)(F)F. The predicted octanol–water partition coefficient (Wildman–Crippen LogP) is 3.78. The molecule has 2 aliphatic rings. The summed E-state index contributed by atoms with van der Waals surface area (Å²) >= 11 is 0. The molecule has 274 valence electrons. The number of nitrogens with zero attached hydrogens (tertiary/aromatic N) is 1. The van der Waals surface area contributed by atoms with Crippen LogP contribution in [0.4, 0.5) is 18.0 Å². The van der Waals surface area contributed by atoms with Gasteiger partial charge >= 0.3 is 18.2 Å². The average Bonchev–Trinajstić information content (AvgIpc) is 3.74. The highest BCUT2D eigenvalue weighted by Gasteiger charge is 2.43. The number of hydrogen-bond acceptors (Lipinski definition) is 7. The largest absolute Gasteiger partial charge is 0.461 e. The fourth-order valence-electron chi connectivity index (χ4n) is 4.88. The molecule has 0 aromatic carbocycles. The van der Waals surface area contributed by atoms with Crippen LogP contribution in [0.25, 0.3) is 0 Å². The standard InChI is InChI=1S/C30H49N5O7.C3H5F3/c1-9-15-31-26(38)23(36)20(10-2)32-25(37)21-12-11-16-35(21)27(39)24(30(6,7)8)34-29(41)33-22(17(3)4)28(40)42-18(5)19-13-14-19;1-2-3(4,5)6/h9,17-22,24H,1,10-16H2,2-8H3,(H,31,38)(H,32,37)(H2,33,34,41);2H2,1H3. The molecule has 48 heavy (non-hydrogen) atoms. The first kappa shape index (κ1) is 42.4. The number of ether oxygens (including phenoxy) is 1. The van der Waals surface area contributed by atoms with Gasteiger partial charge in [0.1, 0.15) is 24.2 Å². The molecule has 5 atom stereocenters. The van der Waals surface area contributed by atoms with Crippen LogP contribution in [0.3, 0.4) is 0 Å². The van der Waals surface area contributed by atoms with E-state index < -0.39 is 77.7 Å². The average molecular weight is 690 g/mol. The quantitative estimate of drug-likeness (QED) is 0.123. The first-order valence-corrected chi connectivity index (χ1v) is 16.6. The highest BCUT2D eigenvalue weighted by atomic mass is 19.4. The van der Waals surface area contributed by atoms with E-state index in [1.807, 2.05) is 6.92 Å². The molecule has 2 rings (SSSR count). The number of halogens is 3. The van der Waals surface area contributed by atoms with E-state index in [-0.39, 0.29) is 31.5 Å². The van der Waals surface area contributed by atoms with Crippen molar-refractivity contribution in [2.24, 2.45) is 17.3 Å². The molecule has 0 radical (unpaired) electrons. The minimum absolute atomic E-state index is 0.118. The lowest BCUT2D eigenvalue weighted by molar-refractivity contribution is -0.152. The Kier molecular flexibility index (Phi) is 16.6. The molecule has 12 nitrogen and oxygen atoms in total. The van der Waals surface area contributed by atoms with Crippen LogP contribution < -0.4 is 21.3 Å². The molecule has 2 fully saturated rings. The summed E-state index contributed by atoms with van der Waals surface area (Å²) in [5.74, 6) is -3.02. The van der Waals surface area contributed by atoms with E-state index in [1.54, 1.807) is 41.5 Å². The first-order valence-electron chi connectivity index (χ1n) is 16.6. The van der Waals surface area contributed by atoms with Crippen molar-refractivity contribution in [3.8, 4) is 0 Å². The number of esters is 1. The number of urea groups is 1. The number of rotatable bonds is 14. The van der Waals surface area contributed by atoms with Gasteiger partial charge in [0.2, 0.25) is 17.6 Å². The second kappa shape index (κ2) is 18.8. The molecule has 5 unspecified atom stereocenters. The molecule has 0 aromatic rings. The topological polar surface area (TPSA) is 163 Å². The van der Waals surface area contributed by atoms with Gasteiger partial charge in [0.05, 0.1) is 6.04 Å². The fourth-order valence-corrected chi connectivity index (χ4v) is 4.88. The van der Waals surface area contributed by atoms with Crippen molar-refractivity contribution >= 4 is 35.5 Å². The van der Waals surface area contributed by atoms with Crippen LogP contribution in [-0.4, -0.2) is 89.9 Å². The van der Waals surface area contributed by atoms with E-state index in [0.29, 0.717) is 18.8 Å². The Balaban J connectivity index is 0.00000175. The number of nitrogens with one attached hydrogen (secondary N) is 4. The van der Waals surface area contributed by atoms with Gasteiger partial charge in [0.15, 0.2) is 0 Å². The maximum atomic E-state index is 13.8. The van der Waals surface area contributed by atoms with Gasteiger partial charge in [-0.25, -0.2) is 9.59 Å². The number of Topliss-reactive ketones (excluding diaryl/α,β-unsaturated/α-hetero) is 1.